The van der Waals surface area contributed by atoms with Crippen molar-refractivity contribution in [2.45, 2.75) is 44.2 Å². The van der Waals surface area contributed by atoms with E-state index in [1.165, 1.54) is 17.5 Å². The Balaban J connectivity index is 1.57. The first kappa shape index (κ1) is 17.0. The molecule has 0 bridgehead atoms. The number of aliphatic hydroxyl groups is 1. The first-order valence-corrected chi connectivity index (χ1v) is 9.23. The SMILES string of the molecule is COc1cncc([C@@H](NC(=O)c2ccc3c(c2)CCC3)C2CC(O)C2)c1. The second-order valence-corrected chi connectivity index (χ2v) is 7.33. The third-order valence-corrected chi connectivity index (χ3v) is 5.60. The minimum absolute atomic E-state index is 0.0751. The zero-order chi connectivity index (χ0) is 18.1. The highest BCUT2D eigenvalue weighted by Gasteiger charge is 2.36. The fraction of sp³-hybridized carbons (Fsp3) is 0.429. The Bertz CT molecular complexity index is 815. The molecule has 2 aliphatic rings. The van der Waals surface area contributed by atoms with Gasteiger partial charge in [0.2, 0.25) is 0 Å². The van der Waals surface area contributed by atoms with Gasteiger partial charge in [0.1, 0.15) is 5.75 Å². The standard InChI is InChI=1S/C21H24N2O3/c1-26-19-10-17(11-22-12-19)20(16-8-18(24)9-16)23-21(25)15-6-5-13-3-2-4-14(13)7-15/h5-7,10-12,16,18,20,24H,2-4,8-9H2,1H3,(H,23,25)/t16?,18?,20-/m0/s1. The van der Waals surface area contributed by atoms with Crippen molar-refractivity contribution in [3.05, 3.63) is 58.9 Å². The lowest BCUT2D eigenvalue weighted by Gasteiger charge is -2.38. The third-order valence-electron chi connectivity index (χ3n) is 5.60. The molecule has 1 saturated carbocycles. The van der Waals surface area contributed by atoms with Crippen molar-refractivity contribution in [1.29, 1.82) is 0 Å². The van der Waals surface area contributed by atoms with Crippen LogP contribution in [0.2, 0.25) is 0 Å². The zero-order valence-corrected chi connectivity index (χ0v) is 14.9. The molecule has 2 N–H and O–H groups in total. The molecule has 0 aliphatic heterocycles. The van der Waals surface area contributed by atoms with Gasteiger partial charge in [-0.25, -0.2) is 0 Å². The van der Waals surface area contributed by atoms with Crippen LogP contribution < -0.4 is 10.1 Å². The van der Waals surface area contributed by atoms with Gasteiger partial charge in [-0.2, -0.15) is 0 Å². The molecule has 4 rings (SSSR count). The van der Waals surface area contributed by atoms with E-state index < -0.39 is 0 Å². The molecule has 1 atom stereocenters. The molecule has 1 aromatic heterocycles. The van der Waals surface area contributed by atoms with E-state index in [0.29, 0.717) is 24.2 Å². The van der Waals surface area contributed by atoms with E-state index in [1.807, 2.05) is 18.2 Å². The monoisotopic (exact) mass is 352 g/mol. The maximum Gasteiger partial charge on any atom is 0.251 e. The third kappa shape index (κ3) is 3.31. The minimum atomic E-state index is -0.280. The van der Waals surface area contributed by atoms with Crippen LogP contribution in [-0.4, -0.2) is 29.2 Å². The van der Waals surface area contributed by atoms with Crippen molar-refractivity contribution in [3.63, 3.8) is 0 Å². The topological polar surface area (TPSA) is 71.5 Å². The van der Waals surface area contributed by atoms with Gasteiger partial charge in [-0.1, -0.05) is 6.07 Å². The van der Waals surface area contributed by atoms with Crippen LogP contribution in [0, 0.1) is 5.92 Å². The van der Waals surface area contributed by atoms with Gasteiger partial charge in [-0.05, 0) is 72.9 Å². The lowest BCUT2D eigenvalue weighted by atomic mass is 9.75. The highest BCUT2D eigenvalue weighted by molar-refractivity contribution is 5.94. The lowest BCUT2D eigenvalue weighted by Crippen LogP contribution is -2.41. The number of pyridine rings is 1. The molecule has 1 aromatic carbocycles. The molecule has 1 amide bonds. The van der Waals surface area contributed by atoms with Crippen LogP contribution in [0.25, 0.3) is 0 Å². The van der Waals surface area contributed by atoms with Gasteiger partial charge in [-0.3, -0.25) is 9.78 Å². The number of aliphatic hydroxyl groups excluding tert-OH is 1. The van der Waals surface area contributed by atoms with Crippen molar-refractivity contribution in [2.24, 2.45) is 5.92 Å². The van der Waals surface area contributed by atoms with Gasteiger partial charge < -0.3 is 15.2 Å². The Labute approximate surface area is 153 Å². The van der Waals surface area contributed by atoms with Crippen LogP contribution in [-0.2, 0) is 12.8 Å². The summed E-state index contributed by atoms with van der Waals surface area (Å²) in [5, 5.41) is 12.9. The molecule has 0 saturated heterocycles. The number of nitrogens with zero attached hydrogens (tertiary/aromatic N) is 1. The number of aromatic nitrogens is 1. The number of rotatable bonds is 5. The molecule has 1 fully saturated rings. The van der Waals surface area contributed by atoms with E-state index >= 15 is 0 Å². The molecule has 26 heavy (non-hydrogen) atoms. The number of hydrogen-bond donors (Lipinski definition) is 2. The van der Waals surface area contributed by atoms with Gasteiger partial charge in [-0.15, -0.1) is 0 Å². The number of fused-ring (bicyclic) bond motifs is 1. The van der Waals surface area contributed by atoms with E-state index in [1.54, 1.807) is 19.5 Å². The molecule has 5 heteroatoms. The molecule has 0 spiro atoms. The smallest absolute Gasteiger partial charge is 0.251 e. The normalized spacial score (nSPS) is 22.2. The van der Waals surface area contributed by atoms with E-state index in [0.717, 1.165) is 18.4 Å². The Hall–Kier alpha value is -2.40. The summed E-state index contributed by atoms with van der Waals surface area (Å²) in [6.07, 6.45) is 7.83. The summed E-state index contributed by atoms with van der Waals surface area (Å²) in [5.41, 5.74) is 4.26. The summed E-state index contributed by atoms with van der Waals surface area (Å²) >= 11 is 0. The van der Waals surface area contributed by atoms with Crippen LogP contribution in [0.1, 0.15) is 52.4 Å². The fourth-order valence-corrected chi connectivity index (χ4v) is 4.03. The van der Waals surface area contributed by atoms with Crippen molar-refractivity contribution in [1.82, 2.24) is 10.3 Å². The molecule has 1 heterocycles. The molecule has 0 radical (unpaired) electrons. The largest absolute Gasteiger partial charge is 0.495 e. The number of ether oxygens (including phenoxy) is 1. The second kappa shape index (κ2) is 7.08. The predicted molar refractivity (Wildman–Crippen MR) is 98.2 cm³/mol. The highest BCUT2D eigenvalue weighted by Crippen LogP contribution is 2.38. The molecule has 2 aliphatic carbocycles. The molecule has 136 valence electrons. The summed E-state index contributed by atoms with van der Waals surface area (Å²) in [5.74, 6) is 0.797. The summed E-state index contributed by atoms with van der Waals surface area (Å²) in [4.78, 5) is 17.1. The number of carbonyl (C=O) groups is 1. The number of amides is 1. The van der Waals surface area contributed by atoms with Crippen LogP contribution in [0.4, 0.5) is 0 Å². The van der Waals surface area contributed by atoms with E-state index in [9.17, 15) is 9.90 Å². The summed E-state index contributed by atoms with van der Waals surface area (Å²) in [6, 6.07) is 7.74. The number of carbonyl (C=O) groups excluding carboxylic acids is 1. The molecule has 5 nitrogen and oxygen atoms in total. The summed E-state index contributed by atoms with van der Waals surface area (Å²) in [6.45, 7) is 0. The zero-order valence-electron chi connectivity index (χ0n) is 14.9. The van der Waals surface area contributed by atoms with E-state index in [-0.39, 0.29) is 24.0 Å². The fourth-order valence-electron chi connectivity index (χ4n) is 4.03. The maximum atomic E-state index is 12.9. The molecular formula is C21H24N2O3. The Morgan fingerprint density at radius 3 is 2.81 bits per heavy atom. The van der Waals surface area contributed by atoms with Gasteiger partial charge >= 0.3 is 0 Å². The Kier molecular flexibility index (Phi) is 4.64. The van der Waals surface area contributed by atoms with Crippen molar-refractivity contribution < 1.29 is 14.6 Å². The minimum Gasteiger partial charge on any atom is -0.495 e. The first-order chi connectivity index (χ1) is 12.6. The van der Waals surface area contributed by atoms with Gasteiger partial charge in [0.05, 0.1) is 25.5 Å². The number of methoxy groups -OCH3 is 1. The quantitative estimate of drug-likeness (QED) is 0.868. The second-order valence-electron chi connectivity index (χ2n) is 7.33. The van der Waals surface area contributed by atoms with Crippen LogP contribution in [0.5, 0.6) is 5.75 Å². The maximum absolute atomic E-state index is 12.9. The molecule has 2 aromatic rings. The average molecular weight is 352 g/mol. The Morgan fingerprint density at radius 2 is 2.04 bits per heavy atom. The average Bonchev–Trinajstić information content (AvgIpc) is 3.11. The molecule has 0 unspecified atom stereocenters. The van der Waals surface area contributed by atoms with Crippen molar-refractivity contribution >= 4 is 5.91 Å². The van der Waals surface area contributed by atoms with Gasteiger partial charge in [0.25, 0.3) is 5.91 Å². The van der Waals surface area contributed by atoms with Gasteiger partial charge in [0, 0.05) is 11.8 Å². The number of nitrogens with one attached hydrogen (secondary N) is 1. The molecular weight excluding hydrogens is 328 g/mol. The van der Waals surface area contributed by atoms with Crippen LogP contribution in [0.15, 0.2) is 36.7 Å². The van der Waals surface area contributed by atoms with Crippen LogP contribution in [0.3, 0.4) is 0 Å². The number of hydrogen-bond acceptors (Lipinski definition) is 4. The number of benzene rings is 1. The first-order valence-electron chi connectivity index (χ1n) is 9.23. The number of aryl methyl sites for hydroxylation is 2. The van der Waals surface area contributed by atoms with Crippen LogP contribution >= 0.6 is 0 Å². The van der Waals surface area contributed by atoms with Gasteiger partial charge in [0.15, 0.2) is 0 Å². The lowest BCUT2D eigenvalue weighted by molar-refractivity contribution is 0.0234. The highest BCUT2D eigenvalue weighted by atomic mass is 16.5. The summed E-state index contributed by atoms with van der Waals surface area (Å²) in [7, 11) is 1.60. The van der Waals surface area contributed by atoms with Crippen molar-refractivity contribution in [3.8, 4) is 5.75 Å². The van der Waals surface area contributed by atoms with E-state index in [4.69, 9.17) is 4.74 Å². The summed E-state index contributed by atoms with van der Waals surface area (Å²) < 4.78 is 5.27. The van der Waals surface area contributed by atoms with Crippen molar-refractivity contribution in [2.75, 3.05) is 7.11 Å². The van der Waals surface area contributed by atoms with E-state index in [2.05, 4.69) is 16.4 Å². The predicted octanol–water partition coefficient (Wildman–Crippen LogP) is 2.82. The Morgan fingerprint density at radius 1 is 1.23 bits per heavy atom.